The van der Waals surface area contributed by atoms with Gasteiger partial charge < -0.3 is 10.2 Å². The Morgan fingerprint density at radius 1 is 1.04 bits per heavy atom. The molecule has 0 atom stereocenters. The van der Waals surface area contributed by atoms with Gasteiger partial charge in [-0.05, 0) is 55.3 Å². The fraction of sp³-hybridized carbons (Fsp3) is 0.238. The predicted molar refractivity (Wildman–Crippen MR) is 117 cm³/mol. The Hall–Kier alpha value is -2.37. The van der Waals surface area contributed by atoms with Crippen molar-refractivity contribution >= 4 is 52.3 Å². The molecule has 2 N–H and O–H groups in total. The molecular formula is C21H22ClN3OS. The molecular weight excluding hydrogens is 378 g/mol. The zero-order chi connectivity index (χ0) is 19.1. The van der Waals surface area contributed by atoms with Gasteiger partial charge in [0.15, 0.2) is 5.11 Å². The molecule has 0 saturated carbocycles. The molecule has 0 unspecified atom stereocenters. The lowest BCUT2D eigenvalue weighted by molar-refractivity contribution is -0.115. The summed E-state index contributed by atoms with van der Waals surface area (Å²) in [5, 5.41) is 6.73. The Morgan fingerprint density at radius 2 is 1.78 bits per heavy atom. The number of nitrogens with zero attached hydrogens (tertiary/aromatic N) is 1. The van der Waals surface area contributed by atoms with Gasteiger partial charge in [0.2, 0.25) is 5.91 Å². The highest BCUT2D eigenvalue weighted by atomic mass is 35.5. The zero-order valence-corrected chi connectivity index (χ0v) is 16.5. The fourth-order valence-corrected chi connectivity index (χ4v) is 3.60. The molecule has 1 heterocycles. The number of carbonyl (C=O) groups excluding carboxylic acids is 1. The average molecular weight is 400 g/mol. The third-order valence-corrected chi connectivity index (χ3v) is 4.88. The standard InChI is InChI=1S/C21H22ClN3OS/c22-17-10-7-11-18(20(17)25-14-5-2-6-15-25)23-21(27)24-19(26)13-12-16-8-3-1-4-9-16/h1,3-4,7-13H,2,5-6,14-15H2,(H2,23,24,26,27)/b13-12+. The minimum absolute atomic E-state index is 0.248. The number of thiocarbonyl (C=S) groups is 1. The van der Waals surface area contributed by atoms with Crippen LogP contribution in [0.5, 0.6) is 0 Å². The molecule has 2 aromatic carbocycles. The summed E-state index contributed by atoms with van der Waals surface area (Å²) < 4.78 is 0. The van der Waals surface area contributed by atoms with E-state index in [2.05, 4.69) is 15.5 Å². The Labute approximate surface area is 170 Å². The van der Waals surface area contributed by atoms with Crippen molar-refractivity contribution in [3.05, 3.63) is 65.2 Å². The van der Waals surface area contributed by atoms with E-state index >= 15 is 0 Å². The van der Waals surface area contributed by atoms with E-state index < -0.39 is 0 Å². The van der Waals surface area contributed by atoms with Gasteiger partial charge in [-0.3, -0.25) is 10.1 Å². The van der Waals surface area contributed by atoms with Gasteiger partial charge in [-0.1, -0.05) is 48.0 Å². The minimum Gasteiger partial charge on any atom is -0.369 e. The zero-order valence-electron chi connectivity index (χ0n) is 15.0. The summed E-state index contributed by atoms with van der Waals surface area (Å²) in [4.78, 5) is 14.4. The van der Waals surface area contributed by atoms with E-state index in [1.807, 2.05) is 48.5 Å². The molecule has 6 heteroatoms. The Kier molecular flexibility index (Phi) is 6.85. The number of nitrogens with one attached hydrogen (secondary N) is 2. The van der Waals surface area contributed by atoms with Gasteiger partial charge in [0.25, 0.3) is 0 Å². The van der Waals surface area contributed by atoms with Crippen LogP contribution in [-0.2, 0) is 4.79 Å². The van der Waals surface area contributed by atoms with Crippen LogP contribution in [0.3, 0.4) is 0 Å². The van der Waals surface area contributed by atoms with E-state index in [1.54, 1.807) is 6.08 Å². The molecule has 0 aromatic heterocycles. The van der Waals surface area contributed by atoms with E-state index in [0.717, 1.165) is 42.9 Å². The van der Waals surface area contributed by atoms with Gasteiger partial charge in [-0.25, -0.2) is 0 Å². The predicted octanol–water partition coefficient (Wildman–Crippen LogP) is 4.86. The number of carbonyl (C=O) groups is 1. The smallest absolute Gasteiger partial charge is 0.250 e. The van der Waals surface area contributed by atoms with Crippen molar-refractivity contribution in [3.8, 4) is 0 Å². The molecule has 1 fully saturated rings. The molecule has 0 radical (unpaired) electrons. The van der Waals surface area contributed by atoms with Gasteiger partial charge in [0.1, 0.15) is 0 Å². The summed E-state index contributed by atoms with van der Waals surface area (Å²) in [6.45, 7) is 1.94. The molecule has 27 heavy (non-hydrogen) atoms. The second kappa shape index (κ2) is 9.53. The van der Waals surface area contributed by atoms with Crippen LogP contribution in [0.4, 0.5) is 11.4 Å². The van der Waals surface area contributed by atoms with Gasteiger partial charge in [0.05, 0.1) is 16.4 Å². The van der Waals surface area contributed by atoms with E-state index in [9.17, 15) is 4.79 Å². The van der Waals surface area contributed by atoms with Crippen molar-refractivity contribution in [3.63, 3.8) is 0 Å². The first kappa shape index (κ1) is 19.4. The first-order valence-corrected chi connectivity index (χ1v) is 9.80. The second-order valence-corrected chi connectivity index (χ2v) is 7.19. The summed E-state index contributed by atoms with van der Waals surface area (Å²) in [7, 11) is 0. The molecule has 4 nitrogen and oxygen atoms in total. The van der Waals surface area contributed by atoms with Gasteiger partial charge in [-0.15, -0.1) is 0 Å². The maximum atomic E-state index is 12.1. The normalized spacial score (nSPS) is 14.2. The van der Waals surface area contributed by atoms with E-state index in [-0.39, 0.29) is 11.0 Å². The summed E-state index contributed by atoms with van der Waals surface area (Å²) in [6.07, 6.45) is 6.75. The Morgan fingerprint density at radius 3 is 2.52 bits per heavy atom. The molecule has 1 amide bonds. The Bertz CT molecular complexity index is 833. The highest BCUT2D eigenvalue weighted by Crippen LogP contribution is 2.35. The highest BCUT2D eigenvalue weighted by Gasteiger charge is 2.18. The number of hydrogen-bond donors (Lipinski definition) is 2. The van der Waals surface area contributed by atoms with Crippen LogP contribution in [0.1, 0.15) is 24.8 Å². The van der Waals surface area contributed by atoms with Crippen molar-refractivity contribution in [2.75, 3.05) is 23.3 Å². The molecule has 2 aromatic rings. The monoisotopic (exact) mass is 399 g/mol. The van der Waals surface area contributed by atoms with Gasteiger partial charge in [0, 0.05) is 19.2 Å². The number of rotatable bonds is 4. The topological polar surface area (TPSA) is 44.4 Å². The van der Waals surface area contributed by atoms with E-state index in [4.69, 9.17) is 23.8 Å². The molecule has 0 spiro atoms. The number of piperidine rings is 1. The number of halogens is 1. The van der Waals surface area contributed by atoms with Crippen molar-refractivity contribution < 1.29 is 4.79 Å². The van der Waals surface area contributed by atoms with Gasteiger partial charge in [-0.2, -0.15) is 0 Å². The lowest BCUT2D eigenvalue weighted by atomic mass is 10.1. The van der Waals surface area contributed by atoms with Gasteiger partial charge >= 0.3 is 0 Å². The molecule has 1 aliphatic heterocycles. The quantitative estimate of drug-likeness (QED) is 0.569. The summed E-state index contributed by atoms with van der Waals surface area (Å²) >= 11 is 11.8. The second-order valence-electron chi connectivity index (χ2n) is 6.37. The largest absolute Gasteiger partial charge is 0.369 e. The van der Waals surface area contributed by atoms with Crippen LogP contribution in [-0.4, -0.2) is 24.1 Å². The maximum Gasteiger partial charge on any atom is 0.250 e. The lowest BCUT2D eigenvalue weighted by Crippen LogP contribution is -2.34. The Balaban J connectivity index is 1.64. The maximum absolute atomic E-state index is 12.1. The van der Waals surface area contributed by atoms with Crippen LogP contribution >= 0.6 is 23.8 Å². The summed E-state index contributed by atoms with van der Waals surface area (Å²) in [5.41, 5.74) is 2.70. The number of anilines is 2. The number of benzene rings is 2. The van der Waals surface area contributed by atoms with Crippen LogP contribution in [0.2, 0.25) is 5.02 Å². The lowest BCUT2D eigenvalue weighted by Gasteiger charge is -2.31. The van der Waals surface area contributed by atoms with Crippen molar-refractivity contribution in [2.24, 2.45) is 0 Å². The molecule has 3 rings (SSSR count). The van der Waals surface area contributed by atoms with E-state index in [1.165, 1.54) is 12.5 Å². The van der Waals surface area contributed by atoms with Crippen LogP contribution < -0.4 is 15.5 Å². The van der Waals surface area contributed by atoms with Crippen LogP contribution in [0, 0.1) is 0 Å². The van der Waals surface area contributed by atoms with Crippen molar-refractivity contribution in [1.29, 1.82) is 0 Å². The number of para-hydroxylation sites is 1. The highest BCUT2D eigenvalue weighted by molar-refractivity contribution is 7.80. The SMILES string of the molecule is O=C(/C=C/c1ccccc1)NC(=S)Nc1cccc(Cl)c1N1CCCCC1. The third kappa shape index (κ3) is 5.55. The van der Waals surface area contributed by atoms with Crippen molar-refractivity contribution in [2.45, 2.75) is 19.3 Å². The van der Waals surface area contributed by atoms with Crippen LogP contribution in [0.15, 0.2) is 54.6 Å². The molecule has 1 saturated heterocycles. The molecule has 1 aliphatic rings. The van der Waals surface area contributed by atoms with Crippen LogP contribution in [0.25, 0.3) is 6.08 Å². The molecule has 0 bridgehead atoms. The van der Waals surface area contributed by atoms with E-state index in [0.29, 0.717) is 5.02 Å². The fourth-order valence-electron chi connectivity index (χ4n) is 3.10. The third-order valence-electron chi connectivity index (χ3n) is 4.37. The number of amides is 1. The minimum atomic E-state index is -0.280. The number of hydrogen-bond acceptors (Lipinski definition) is 3. The average Bonchev–Trinajstić information content (AvgIpc) is 2.68. The first-order valence-electron chi connectivity index (χ1n) is 9.02. The first-order chi connectivity index (χ1) is 13.1. The summed E-state index contributed by atoms with van der Waals surface area (Å²) in [5.74, 6) is -0.280. The molecule has 140 valence electrons. The van der Waals surface area contributed by atoms with Crippen molar-refractivity contribution in [1.82, 2.24) is 5.32 Å². The molecule has 0 aliphatic carbocycles. The summed E-state index contributed by atoms with van der Waals surface area (Å²) in [6, 6.07) is 15.3.